The highest BCUT2D eigenvalue weighted by molar-refractivity contribution is 7.89. The molecule has 0 spiro atoms. The molecule has 0 atom stereocenters. The molecule has 0 radical (unpaired) electrons. The van der Waals surface area contributed by atoms with Gasteiger partial charge in [-0.05, 0) is 42.5 Å². The zero-order chi connectivity index (χ0) is 16.0. The predicted molar refractivity (Wildman–Crippen MR) is 86.5 cm³/mol. The average Bonchev–Trinajstić information content (AvgIpc) is 2.52. The molecular formula is C16H14ClNO3S. The molecule has 0 bridgehead atoms. The van der Waals surface area contributed by atoms with E-state index in [4.69, 9.17) is 16.3 Å². The van der Waals surface area contributed by atoms with Crippen LogP contribution in [0.25, 0.3) is 0 Å². The molecule has 1 N–H and O–H groups in total. The summed E-state index contributed by atoms with van der Waals surface area (Å²) < 4.78 is 31.5. The first kappa shape index (κ1) is 16.4. The van der Waals surface area contributed by atoms with Gasteiger partial charge in [-0.2, -0.15) is 4.72 Å². The van der Waals surface area contributed by atoms with E-state index in [1.807, 2.05) is 0 Å². The third kappa shape index (κ3) is 4.50. The van der Waals surface area contributed by atoms with Crippen molar-refractivity contribution in [3.63, 3.8) is 0 Å². The molecule has 0 unspecified atom stereocenters. The number of methoxy groups -OCH3 is 1. The van der Waals surface area contributed by atoms with Crippen molar-refractivity contribution in [1.29, 1.82) is 0 Å². The Hall–Kier alpha value is -2.00. The van der Waals surface area contributed by atoms with Crippen LogP contribution in [-0.2, 0) is 10.0 Å². The monoisotopic (exact) mass is 335 g/mol. The summed E-state index contributed by atoms with van der Waals surface area (Å²) in [6, 6.07) is 13.3. The summed E-state index contributed by atoms with van der Waals surface area (Å²) >= 11 is 5.79. The molecule has 22 heavy (non-hydrogen) atoms. The summed E-state index contributed by atoms with van der Waals surface area (Å²) in [5.74, 6) is 6.38. The van der Waals surface area contributed by atoms with Gasteiger partial charge in [-0.15, -0.1) is 0 Å². The minimum absolute atomic E-state index is 0.0148. The molecule has 0 aliphatic carbocycles. The second-order valence-electron chi connectivity index (χ2n) is 4.31. The van der Waals surface area contributed by atoms with Crippen molar-refractivity contribution < 1.29 is 13.2 Å². The molecule has 114 valence electrons. The van der Waals surface area contributed by atoms with E-state index in [1.165, 1.54) is 12.1 Å². The zero-order valence-electron chi connectivity index (χ0n) is 11.8. The van der Waals surface area contributed by atoms with Crippen LogP contribution in [0.1, 0.15) is 5.56 Å². The topological polar surface area (TPSA) is 55.4 Å². The highest BCUT2D eigenvalue weighted by atomic mass is 35.5. The van der Waals surface area contributed by atoms with E-state index in [2.05, 4.69) is 16.6 Å². The smallest absolute Gasteiger partial charge is 0.241 e. The summed E-state index contributed by atoms with van der Waals surface area (Å²) in [7, 11) is -2.02. The van der Waals surface area contributed by atoms with Crippen molar-refractivity contribution in [1.82, 2.24) is 4.72 Å². The Morgan fingerprint density at radius 2 is 1.91 bits per heavy atom. The van der Waals surface area contributed by atoms with Crippen LogP contribution in [-0.4, -0.2) is 22.1 Å². The van der Waals surface area contributed by atoms with Gasteiger partial charge in [-0.3, -0.25) is 0 Å². The van der Waals surface area contributed by atoms with Crippen LogP contribution in [0.5, 0.6) is 5.75 Å². The zero-order valence-corrected chi connectivity index (χ0v) is 13.4. The molecule has 4 nitrogen and oxygen atoms in total. The van der Waals surface area contributed by atoms with Crippen molar-refractivity contribution in [3.8, 4) is 17.6 Å². The van der Waals surface area contributed by atoms with E-state index >= 15 is 0 Å². The van der Waals surface area contributed by atoms with Crippen LogP contribution in [0.15, 0.2) is 53.4 Å². The van der Waals surface area contributed by atoms with E-state index in [0.717, 1.165) is 11.3 Å². The molecule has 6 heteroatoms. The first-order chi connectivity index (χ1) is 10.5. The second-order valence-corrected chi connectivity index (χ2v) is 6.52. The summed E-state index contributed by atoms with van der Waals surface area (Å²) in [6.07, 6.45) is 0. The van der Waals surface area contributed by atoms with Crippen LogP contribution >= 0.6 is 11.6 Å². The standard InChI is InChI=1S/C16H14ClNO3S/c1-21-15-9-7-13(8-10-15)4-3-11-18-22(19,20)16-6-2-5-14(17)12-16/h2,5-10,12,18H,11H2,1H3. The number of hydrogen-bond donors (Lipinski definition) is 1. The number of nitrogens with one attached hydrogen (secondary N) is 1. The van der Waals surface area contributed by atoms with Crippen molar-refractivity contribution >= 4 is 21.6 Å². The molecule has 0 saturated heterocycles. The minimum Gasteiger partial charge on any atom is -0.497 e. The highest BCUT2D eigenvalue weighted by Crippen LogP contribution is 2.15. The van der Waals surface area contributed by atoms with Crippen LogP contribution in [0, 0.1) is 11.8 Å². The molecule has 0 saturated carbocycles. The number of benzene rings is 2. The first-order valence-corrected chi connectivity index (χ1v) is 8.25. The Morgan fingerprint density at radius 3 is 2.55 bits per heavy atom. The van der Waals surface area contributed by atoms with Crippen molar-refractivity contribution in [2.24, 2.45) is 0 Å². The fourth-order valence-corrected chi connectivity index (χ4v) is 2.89. The van der Waals surface area contributed by atoms with E-state index in [0.29, 0.717) is 5.02 Å². The number of halogens is 1. The predicted octanol–water partition coefficient (Wildman–Crippen LogP) is 2.68. The molecule has 0 fully saturated rings. The van der Waals surface area contributed by atoms with Crippen LogP contribution < -0.4 is 9.46 Å². The van der Waals surface area contributed by atoms with Crippen molar-refractivity contribution in [2.75, 3.05) is 13.7 Å². The summed E-state index contributed by atoms with van der Waals surface area (Å²) in [4.78, 5) is 0.117. The van der Waals surface area contributed by atoms with Crippen molar-refractivity contribution in [2.45, 2.75) is 4.90 Å². The maximum atomic E-state index is 12.0. The SMILES string of the molecule is COc1ccc(C#CCNS(=O)(=O)c2cccc(Cl)c2)cc1. The molecule has 2 aromatic carbocycles. The van der Waals surface area contributed by atoms with Crippen LogP contribution in [0.3, 0.4) is 0 Å². The Balaban J connectivity index is 2.00. The summed E-state index contributed by atoms with van der Waals surface area (Å²) in [5, 5.41) is 0.368. The Morgan fingerprint density at radius 1 is 1.18 bits per heavy atom. The number of hydrogen-bond acceptors (Lipinski definition) is 3. The number of rotatable bonds is 4. The molecule has 2 rings (SSSR count). The minimum atomic E-state index is -3.60. The lowest BCUT2D eigenvalue weighted by Gasteiger charge is -2.03. The maximum absolute atomic E-state index is 12.0. The van der Waals surface area contributed by atoms with Crippen LogP contribution in [0.4, 0.5) is 0 Å². The average molecular weight is 336 g/mol. The third-order valence-electron chi connectivity index (χ3n) is 2.78. The van der Waals surface area contributed by atoms with Gasteiger partial charge in [0.15, 0.2) is 0 Å². The molecule has 0 heterocycles. The Bertz CT molecular complexity index is 805. The first-order valence-electron chi connectivity index (χ1n) is 6.39. The third-order valence-corrected chi connectivity index (χ3v) is 4.41. The van der Waals surface area contributed by atoms with Gasteiger partial charge in [0.1, 0.15) is 5.75 Å². The van der Waals surface area contributed by atoms with E-state index < -0.39 is 10.0 Å². The molecular weight excluding hydrogens is 322 g/mol. The van der Waals surface area contributed by atoms with Gasteiger partial charge in [0.2, 0.25) is 10.0 Å². The van der Waals surface area contributed by atoms with Gasteiger partial charge in [-0.1, -0.05) is 29.5 Å². The second kappa shape index (κ2) is 7.32. The quantitative estimate of drug-likeness (QED) is 0.874. The fourth-order valence-electron chi connectivity index (χ4n) is 1.67. The summed E-state index contributed by atoms with van der Waals surface area (Å²) in [5.41, 5.74) is 0.780. The fraction of sp³-hybridized carbons (Fsp3) is 0.125. The van der Waals surface area contributed by atoms with E-state index in [9.17, 15) is 8.42 Å². The van der Waals surface area contributed by atoms with Crippen LogP contribution in [0.2, 0.25) is 5.02 Å². The molecule has 0 aromatic heterocycles. The van der Waals surface area contributed by atoms with Gasteiger partial charge in [0.25, 0.3) is 0 Å². The highest BCUT2D eigenvalue weighted by Gasteiger charge is 2.12. The lowest BCUT2D eigenvalue weighted by atomic mass is 10.2. The normalized spacial score (nSPS) is 10.6. The van der Waals surface area contributed by atoms with Gasteiger partial charge in [-0.25, -0.2) is 8.42 Å². The summed E-state index contributed by atoms with van der Waals surface area (Å²) in [6.45, 7) is 0.0148. The van der Waals surface area contributed by atoms with Gasteiger partial charge >= 0.3 is 0 Å². The maximum Gasteiger partial charge on any atom is 0.241 e. The van der Waals surface area contributed by atoms with E-state index in [1.54, 1.807) is 43.5 Å². The molecule has 0 aliphatic rings. The lowest BCUT2D eigenvalue weighted by molar-refractivity contribution is 0.415. The largest absolute Gasteiger partial charge is 0.497 e. The molecule has 2 aromatic rings. The Labute approximate surface area is 135 Å². The number of sulfonamides is 1. The molecule has 0 amide bonds. The number of ether oxygens (including phenoxy) is 1. The Kier molecular flexibility index (Phi) is 5.45. The lowest BCUT2D eigenvalue weighted by Crippen LogP contribution is -2.23. The van der Waals surface area contributed by atoms with E-state index in [-0.39, 0.29) is 11.4 Å². The van der Waals surface area contributed by atoms with Gasteiger partial charge in [0.05, 0.1) is 18.6 Å². The van der Waals surface area contributed by atoms with Gasteiger partial charge < -0.3 is 4.74 Å². The van der Waals surface area contributed by atoms with Gasteiger partial charge in [0, 0.05) is 10.6 Å². The van der Waals surface area contributed by atoms with Crippen molar-refractivity contribution in [3.05, 3.63) is 59.1 Å². The molecule has 0 aliphatic heterocycles.